The summed E-state index contributed by atoms with van der Waals surface area (Å²) in [4.78, 5) is 13.6. The van der Waals surface area contributed by atoms with E-state index in [1.807, 2.05) is 30.3 Å². The highest BCUT2D eigenvalue weighted by Gasteiger charge is 2.44. The number of carbonyl (C=O) groups is 1. The Hall–Kier alpha value is -1.58. The number of alkyl halides is 1. The predicted octanol–water partition coefficient (Wildman–Crippen LogP) is 3.00. The predicted molar refractivity (Wildman–Crippen MR) is 69.3 cm³/mol. The lowest BCUT2D eigenvalue weighted by Gasteiger charge is -2.17. The van der Waals surface area contributed by atoms with Gasteiger partial charge in [-0.05, 0) is 24.3 Å². The number of fused-ring (bicyclic) bond motifs is 1. The summed E-state index contributed by atoms with van der Waals surface area (Å²) in [5.74, 6) is 0.364. The van der Waals surface area contributed by atoms with Crippen molar-refractivity contribution < 1.29 is 13.9 Å². The molecule has 0 bridgehead atoms. The van der Waals surface area contributed by atoms with Crippen LogP contribution in [0.15, 0.2) is 30.3 Å². The fourth-order valence-corrected chi connectivity index (χ4v) is 3.16. The first kappa shape index (κ1) is 12.5. The molecule has 4 heteroatoms. The zero-order valence-corrected chi connectivity index (χ0v) is 10.8. The number of nitrogens with zero attached hydrogens (tertiary/aromatic N) is 1. The van der Waals surface area contributed by atoms with Crippen molar-refractivity contribution in [2.45, 2.75) is 25.6 Å². The number of halogens is 1. The molecular weight excluding hydrogens is 245 g/mol. The van der Waals surface area contributed by atoms with Crippen LogP contribution in [0.5, 0.6) is 0 Å². The van der Waals surface area contributed by atoms with Gasteiger partial charge in [0.25, 0.3) is 0 Å². The number of carbonyl (C=O) groups excluding carboxylic acids is 1. The minimum atomic E-state index is -0.739. The number of hydrogen-bond donors (Lipinski definition) is 0. The molecule has 2 aliphatic rings. The Morgan fingerprint density at radius 2 is 2.05 bits per heavy atom. The molecule has 19 heavy (non-hydrogen) atoms. The normalized spacial score (nSPS) is 29.3. The maximum Gasteiger partial charge on any atom is 0.410 e. The molecule has 3 atom stereocenters. The molecule has 1 saturated carbocycles. The molecule has 1 saturated heterocycles. The van der Waals surface area contributed by atoms with Crippen LogP contribution in [0.4, 0.5) is 9.18 Å². The van der Waals surface area contributed by atoms with Crippen LogP contribution in [0.2, 0.25) is 0 Å². The van der Waals surface area contributed by atoms with Gasteiger partial charge in [-0.15, -0.1) is 0 Å². The topological polar surface area (TPSA) is 29.5 Å². The van der Waals surface area contributed by atoms with Crippen LogP contribution in [0.1, 0.15) is 18.4 Å². The Kier molecular flexibility index (Phi) is 3.40. The highest BCUT2D eigenvalue weighted by atomic mass is 19.1. The number of ether oxygens (including phenoxy) is 1. The molecule has 3 unspecified atom stereocenters. The Labute approximate surface area is 112 Å². The first-order chi connectivity index (χ1) is 9.24. The van der Waals surface area contributed by atoms with Gasteiger partial charge in [-0.2, -0.15) is 0 Å². The molecule has 1 aromatic carbocycles. The molecule has 0 radical (unpaired) electrons. The summed E-state index contributed by atoms with van der Waals surface area (Å²) < 4.78 is 18.9. The summed E-state index contributed by atoms with van der Waals surface area (Å²) in [7, 11) is 0. The van der Waals surface area contributed by atoms with Gasteiger partial charge < -0.3 is 9.64 Å². The van der Waals surface area contributed by atoms with Crippen LogP contribution in [0.25, 0.3) is 0 Å². The van der Waals surface area contributed by atoms with E-state index >= 15 is 0 Å². The van der Waals surface area contributed by atoms with Gasteiger partial charge in [0.2, 0.25) is 0 Å². The smallest absolute Gasteiger partial charge is 0.410 e. The summed E-state index contributed by atoms with van der Waals surface area (Å²) >= 11 is 0. The zero-order valence-electron chi connectivity index (χ0n) is 10.8. The highest BCUT2D eigenvalue weighted by Crippen LogP contribution is 2.39. The first-order valence-corrected chi connectivity index (χ1v) is 6.84. The van der Waals surface area contributed by atoms with E-state index in [0.717, 1.165) is 12.0 Å². The third-order valence-electron chi connectivity index (χ3n) is 4.23. The van der Waals surface area contributed by atoms with Gasteiger partial charge in [-0.3, -0.25) is 0 Å². The van der Waals surface area contributed by atoms with E-state index in [1.54, 1.807) is 4.90 Å². The average molecular weight is 263 g/mol. The summed E-state index contributed by atoms with van der Waals surface area (Å²) in [5.41, 5.74) is 0.971. The van der Waals surface area contributed by atoms with E-state index in [1.165, 1.54) is 0 Å². The molecule has 0 aromatic heterocycles. The SMILES string of the molecule is O=C(OCc1ccccc1)N1CC2CCC(F)C2C1. The van der Waals surface area contributed by atoms with Gasteiger partial charge in [0, 0.05) is 19.0 Å². The highest BCUT2D eigenvalue weighted by molar-refractivity contribution is 5.68. The monoisotopic (exact) mass is 263 g/mol. The Morgan fingerprint density at radius 3 is 2.79 bits per heavy atom. The summed E-state index contributed by atoms with van der Waals surface area (Å²) in [6.45, 7) is 1.45. The second-order valence-electron chi connectivity index (χ2n) is 5.46. The molecule has 1 aliphatic carbocycles. The minimum absolute atomic E-state index is 0.0317. The van der Waals surface area contributed by atoms with Crippen LogP contribution < -0.4 is 0 Å². The number of likely N-dealkylation sites (tertiary alicyclic amines) is 1. The molecule has 102 valence electrons. The standard InChI is InChI=1S/C15H18FNO2/c16-14-7-6-12-8-17(9-13(12)14)15(18)19-10-11-4-2-1-3-5-11/h1-5,12-14H,6-10H2. The maximum atomic E-state index is 13.6. The lowest BCUT2D eigenvalue weighted by Crippen LogP contribution is -2.31. The van der Waals surface area contributed by atoms with Crippen LogP contribution in [-0.4, -0.2) is 30.3 Å². The van der Waals surface area contributed by atoms with Crippen molar-refractivity contribution in [3.05, 3.63) is 35.9 Å². The summed E-state index contributed by atoms with van der Waals surface area (Å²) in [6, 6.07) is 9.59. The van der Waals surface area contributed by atoms with Crippen LogP contribution in [0, 0.1) is 11.8 Å². The number of hydrogen-bond acceptors (Lipinski definition) is 2. The van der Waals surface area contributed by atoms with Crippen molar-refractivity contribution in [2.75, 3.05) is 13.1 Å². The quantitative estimate of drug-likeness (QED) is 0.821. The molecule has 3 nitrogen and oxygen atoms in total. The molecule has 3 rings (SSSR count). The molecule has 0 spiro atoms. The second-order valence-corrected chi connectivity index (χ2v) is 5.46. The molecule has 1 aliphatic heterocycles. The lowest BCUT2D eigenvalue weighted by molar-refractivity contribution is 0.0997. The van der Waals surface area contributed by atoms with Crippen LogP contribution >= 0.6 is 0 Å². The summed E-state index contributed by atoms with van der Waals surface area (Å²) in [6.07, 6.45) is 0.499. The number of rotatable bonds is 2. The number of amides is 1. The van der Waals surface area contributed by atoms with Crippen molar-refractivity contribution >= 4 is 6.09 Å². The van der Waals surface area contributed by atoms with E-state index in [9.17, 15) is 9.18 Å². The van der Waals surface area contributed by atoms with Crippen molar-refractivity contribution in [3.8, 4) is 0 Å². The van der Waals surface area contributed by atoms with Gasteiger partial charge in [0.05, 0.1) is 0 Å². The minimum Gasteiger partial charge on any atom is -0.445 e. The Morgan fingerprint density at radius 1 is 1.26 bits per heavy atom. The van der Waals surface area contributed by atoms with Gasteiger partial charge in [0.15, 0.2) is 0 Å². The summed E-state index contributed by atoms with van der Waals surface area (Å²) in [5, 5.41) is 0. The molecule has 2 fully saturated rings. The Balaban J connectivity index is 1.52. The zero-order chi connectivity index (χ0) is 13.2. The maximum absolute atomic E-state index is 13.6. The third kappa shape index (κ3) is 2.57. The lowest BCUT2D eigenvalue weighted by atomic mass is 10.0. The van der Waals surface area contributed by atoms with Gasteiger partial charge in [0.1, 0.15) is 12.8 Å². The molecular formula is C15H18FNO2. The van der Waals surface area contributed by atoms with Crippen molar-refractivity contribution in [1.82, 2.24) is 4.90 Å². The fraction of sp³-hybridized carbons (Fsp3) is 0.533. The van der Waals surface area contributed by atoms with E-state index in [-0.39, 0.29) is 18.6 Å². The second kappa shape index (κ2) is 5.19. The molecule has 1 amide bonds. The number of benzene rings is 1. The van der Waals surface area contributed by atoms with E-state index in [0.29, 0.717) is 25.4 Å². The average Bonchev–Trinajstić information content (AvgIpc) is 3.00. The van der Waals surface area contributed by atoms with E-state index in [4.69, 9.17) is 4.74 Å². The van der Waals surface area contributed by atoms with Gasteiger partial charge in [-0.25, -0.2) is 9.18 Å². The first-order valence-electron chi connectivity index (χ1n) is 6.84. The Bertz CT molecular complexity index is 451. The molecule has 0 N–H and O–H groups in total. The van der Waals surface area contributed by atoms with Crippen LogP contribution in [-0.2, 0) is 11.3 Å². The van der Waals surface area contributed by atoms with Crippen LogP contribution in [0.3, 0.4) is 0 Å². The van der Waals surface area contributed by atoms with Gasteiger partial charge >= 0.3 is 6.09 Å². The van der Waals surface area contributed by atoms with E-state index < -0.39 is 6.17 Å². The van der Waals surface area contributed by atoms with Crippen molar-refractivity contribution in [3.63, 3.8) is 0 Å². The largest absolute Gasteiger partial charge is 0.445 e. The fourth-order valence-electron chi connectivity index (χ4n) is 3.16. The van der Waals surface area contributed by atoms with Crippen molar-refractivity contribution in [2.24, 2.45) is 11.8 Å². The molecule has 1 aromatic rings. The van der Waals surface area contributed by atoms with Gasteiger partial charge in [-0.1, -0.05) is 30.3 Å². The van der Waals surface area contributed by atoms with Crippen molar-refractivity contribution in [1.29, 1.82) is 0 Å². The third-order valence-corrected chi connectivity index (χ3v) is 4.23. The molecule has 1 heterocycles. The van der Waals surface area contributed by atoms with E-state index in [2.05, 4.69) is 0 Å².